The van der Waals surface area contributed by atoms with E-state index in [2.05, 4.69) is 115 Å². The number of phenolic OH excluding ortho intramolecular Hbond substituents is 3. The summed E-state index contributed by atoms with van der Waals surface area (Å²) >= 11 is 0. The SMILES string of the molecule is CCC(C(C)c1cc(C(C)(C)C)c(O)cc1C)C(c1cc(C(C)(C)C)c(O)cc1C)c1cc(C(C)(C)C)c(O)cc1C. The molecular formula is C39H56O3. The Morgan fingerprint density at radius 3 is 1.10 bits per heavy atom. The van der Waals surface area contributed by atoms with E-state index in [1.54, 1.807) is 0 Å². The van der Waals surface area contributed by atoms with Gasteiger partial charge in [-0.05, 0) is 117 Å². The number of phenols is 3. The number of hydrogen-bond acceptors (Lipinski definition) is 3. The van der Waals surface area contributed by atoms with Crippen molar-refractivity contribution in [2.45, 2.75) is 131 Å². The first kappa shape index (κ1) is 33.6. The molecule has 0 saturated heterocycles. The molecule has 3 rings (SSSR count). The number of rotatable bonds is 6. The average molecular weight is 573 g/mol. The van der Waals surface area contributed by atoms with Crippen molar-refractivity contribution in [3.05, 3.63) is 86.5 Å². The highest BCUT2D eigenvalue weighted by molar-refractivity contribution is 5.54. The van der Waals surface area contributed by atoms with Crippen molar-refractivity contribution < 1.29 is 15.3 Å². The summed E-state index contributed by atoms with van der Waals surface area (Å²) in [7, 11) is 0. The summed E-state index contributed by atoms with van der Waals surface area (Å²) in [6.07, 6.45) is 0.938. The van der Waals surface area contributed by atoms with E-state index >= 15 is 0 Å². The molecule has 0 aliphatic carbocycles. The zero-order valence-corrected chi connectivity index (χ0v) is 28.7. The van der Waals surface area contributed by atoms with Gasteiger partial charge in [0.25, 0.3) is 0 Å². The van der Waals surface area contributed by atoms with Crippen molar-refractivity contribution in [2.75, 3.05) is 0 Å². The molecule has 0 bridgehead atoms. The normalized spacial score (nSPS) is 14.4. The van der Waals surface area contributed by atoms with E-state index in [4.69, 9.17) is 0 Å². The second-order valence-electron chi connectivity index (χ2n) is 15.8. The molecule has 42 heavy (non-hydrogen) atoms. The average Bonchev–Trinajstić information content (AvgIpc) is 2.80. The lowest BCUT2D eigenvalue weighted by atomic mass is 9.67. The Kier molecular flexibility index (Phi) is 9.29. The molecular weight excluding hydrogens is 516 g/mol. The van der Waals surface area contributed by atoms with Gasteiger partial charge in [0.05, 0.1) is 0 Å². The maximum absolute atomic E-state index is 11.0. The van der Waals surface area contributed by atoms with Crippen LogP contribution in [0.3, 0.4) is 0 Å². The summed E-state index contributed by atoms with van der Waals surface area (Å²) in [4.78, 5) is 0. The molecule has 2 unspecified atom stereocenters. The molecule has 0 aromatic heterocycles. The molecule has 0 fully saturated rings. The van der Waals surface area contributed by atoms with Crippen LogP contribution in [0.4, 0.5) is 0 Å². The lowest BCUT2D eigenvalue weighted by Gasteiger charge is -2.37. The Morgan fingerprint density at radius 2 is 0.810 bits per heavy atom. The molecule has 0 radical (unpaired) electrons. The van der Waals surface area contributed by atoms with Gasteiger partial charge >= 0.3 is 0 Å². The summed E-state index contributed by atoms with van der Waals surface area (Å²) in [5.74, 6) is 1.46. The Labute approximate surface area is 256 Å². The van der Waals surface area contributed by atoms with Crippen LogP contribution in [0.15, 0.2) is 36.4 Å². The van der Waals surface area contributed by atoms with E-state index in [0.29, 0.717) is 17.2 Å². The summed E-state index contributed by atoms with van der Waals surface area (Å²) in [6.45, 7) is 30.2. The first-order chi connectivity index (χ1) is 19.1. The summed E-state index contributed by atoms with van der Waals surface area (Å²) in [5.41, 5.74) is 9.16. The monoisotopic (exact) mass is 572 g/mol. The molecule has 3 N–H and O–H groups in total. The molecule has 2 atom stereocenters. The molecule has 0 spiro atoms. The van der Waals surface area contributed by atoms with Crippen LogP contribution in [0.2, 0.25) is 0 Å². The molecule has 230 valence electrons. The van der Waals surface area contributed by atoms with Crippen LogP contribution in [-0.4, -0.2) is 15.3 Å². The highest BCUT2D eigenvalue weighted by Gasteiger charge is 2.35. The molecule has 0 heterocycles. The third-order valence-corrected chi connectivity index (χ3v) is 9.28. The van der Waals surface area contributed by atoms with Crippen LogP contribution in [0.25, 0.3) is 0 Å². The van der Waals surface area contributed by atoms with Gasteiger partial charge in [-0.25, -0.2) is 0 Å². The maximum atomic E-state index is 11.0. The fourth-order valence-electron chi connectivity index (χ4n) is 6.83. The fraction of sp³-hybridized carbons (Fsp3) is 0.538. The van der Waals surface area contributed by atoms with E-state index in [1.165, 1.54) is 16.7 Å². The van der Waals surface area contributed by atoms with Gasteiger partial charge < -0.3 is 15.3 Å². The van der Waals surface area contributed by atoms with E-state index in [0.717, 1.165) is 39.8 Å². The third-order valence-electron chi connectivity index (χ3n) is 9.28. The number of aryl methyl sites for hydroxylation is 3. The molecule has 3 heteroatoms. The Bertz CT molecular complexity index is 1370. The van der Waals surface area contributed by atoms with Crippen LogP contribution in [-0.2, 0) is 16.2 Å². The van der Waals surface area contributed by atoms with Gasteiger partial charge in [-0.3, -0.25) is 0 Å². The zero-order valence-electron chi connectivity index (χ0n) is 28.7. The summed E-state index contributed by atoms with van der Waals surface area (Å²) in [6, 6.07) is 12.5. The van der Waals surface area contributed by atoms with Crippen LogP contribution >= 0.6 is 0 Å². The molecule has 3 nitrogen and oxygen atoms in total. The van der Waals surface area contributed by atoms with Crippen molar-refractivity contribution in [1.82, 2.24) is 0 Å². The number of benzene rings is 3. The Balaban J connectivity index is 2.42. The van der Waals surface area contributed by atoms with Crippen LogP contribution in [0, 0.1) is 26.7 Å². The van der Waals surface area contributed by atoms with Crippen molar-refractivity contribution in [1.29, 1.82) is 0 Å². The Hall–Kier alpha value is -2.94. The third kappa shape index (κ3) is 6.66. The second-order valence-corrected chi connectivity index (χ2v) is 15.8. The first-order valence-electron chi connectivity index (χ1n) is 15.6. The molecule has 3 aromatic rings. The summed E-state index contributed by atoms with van der Waals surface area (Å²) < 4.78 is 0. The second kappa shape index (κ2) is 11.6. The smallest absolute Gasteiger partial charge is 0.119 e. The molecule has 3 aromatic carbocycles. The standard InChI is InChI=1S/C39H56O3/c1-15-26(25(5)27-19-30(37(6,7)8)33(40)16-22(27)2)36(28-20-31(38(9,10)11)34(41)17-23(28)3)29-21-32(39(12,13)14)35(42)18-24(29)4/h16-21,25-26,36,40-42H,15H2,1-14H3. The van der Waals surface area contributed by atoms with Crippen molar-refractivity contribution in [3.63, 3.8) is 0 Å². The van der Waals surface area contributed by atoms with Gasteiger partial charge in [0.2, 0.25) is 0 Å². The zero-order chi connectivity index (χ0) is 32.1. The van der Waals surface area contributed by atoms with Gasteiger partial charge in [0, 0.05) is 5.92 Å². The summed E-state index contributed by atoms with van der Waals surface area (Å²) in [5, 5.41) is 33.0. The minimum Gasteiger partial charge on any atom is -0.508 e. The highest BCUT2D eigenvalue weighted by Crippen LogP contribution is 2.49. The minimum absolute atomic E-state index is 0.0275. The number of aromatic hydroxyl groups is 3. The highest BCUT2D eigenvalue weighted by atomic mass is 16.3. The fourth-order valence-corrected chi connectivity index (χ4v) is 6.83. The van der Waals surface area contributed by atoms with Gasteiger partial charge in [-0.2, -0.15) is 0 Å². The topological polar surface area (TPSA) is 60.7 Å². The molecule has 0 aliphatic rings. The van der Waals surface area contributed by atoms with Gasteiger partial charge in [0.15, 0.2) is 0 Å². The largest absolute Gasteiger partial charge is 0.508 e. The van der Waals surface area contributed by atoms with Crippen LogP contribution < -0.4 is 0 Å². The van der Waals surface area contributed by atoms with Crippen molar-refractivity contribution in [2.24, 2.45) is 5.92 Å². The number of hydrogen-bond donors (Lipinski definition) is 3. The Morgan fingerprint density at radius 1 is 0.524 bits per heavy atom. The van der Waals surface area contributed by atoms with E-state index < -0.39 is 0 Å². The van der Waals surface area contributed by atoms with Crippen molar-refractivity contribution in [3.8, 4) is 17.2 Å². The lowest BCUT2D eigenvalue weighted by molar-refractivity contribution is 0.379. The predicted octanol–water partition coefficient (Wildman–Crippen LogP) is 10.6. The maximum Gasteiger partial charge on any atom is 0.119 e. The quantitative estimate of drug-likeness (QED) is 0.275. The van der Waals surface area contributed by atoms with E-state index in [9.17, 15) is 15.3 Å². The minimum atomic E-state index is -0.222. The molecule has 0 amide bonds. The van der Waals surface area contributed by atoms with E-state index in [1.807, 2.05) is 18.2 Å². The van der Waals surface area contributed by atoms with Gasteiger partial charge in [-0.1, -0.05) is 101 Å². The lowest BCUT2D eigenvalue weighted by Crippen LogP contribution is -2.24. The molecule has 0 aliphatic heterocycles. The van der Waals surface area contributed by atoms with E-state index in [-0.39, 0.29) is 34.0 Å². The van der Waals surface area contributed by atoms with Crippen molar-refractivity contribution >= 4 is 0 Å². The first-order valence-corrected chi connectivity index (χ1v) is 15.6. The van der Waals surface area contributed by atoms with Gasteiger partial charge in [0.1, 0.15) is 17.2 Å². The van der Waals surface area contributed by atoms with Crippen LogP contribution in [0.5, 0.6) is 17.2 Å². The van der Waals surface area contributed by atoms with Gasteiger partial charge in [-0.15, -0.1) is 0 Å². The van der Waals surface area contributed by atoms with Crippen LogP contribution in [0.1, 0.15) is 144 Å². The predicted molar refractivity (Wildman–Crippen MR) is 179 cm³/mol. The molecule has 0 saturated carbocycles.